The highest BCUT2D eigenvalue weighted by Crippen LogP contribution is 2.20. The summed E-state index contributed by atoms with van der Waals surface area (Å²) in [6.45, 7) is 4.50. The second kappa shape index (κ2) is 7.90. The lowest BCUT2D eigenvalue weighted by molar-refractivity contribution is 0.0948. The summed E-state index contributed by atoms with van der Waals surface area (Å²) in [5.41, 5.74) is 1.76. The molecule has 0 heterocycles. The third kappa shape index (κ3) is 4.53. The van der Waals surface area contributed by atoms with E-state index >= 15 is 0 Å². The van der Waals surface area contributed by atoms with E-state index in [9.17, 15) is 4.79 Å². The van der Waals surface area contributed by atoms with Crippen LogP contribution in [0.5, 0.6) is 5.75 Å². The summed E-state index contributed by atoms with van der Waals surface area (Å²) in [5, 5.41) is 2.96. The van der Waals surface area contributed by atoms with Gasteiger partial charge in [0.05, 0.1) is 11.7 Å². The Bertz CT molecular complexity index is 623. The molecule has 2 aromatic rings. The Labute approximate surface area is 136 Å². The molecule has 0 unspecified atom stereocenters. The van der Waals surface area contributed by atoms with Crippen molar-refractivity contribution in [3.63, 3.8) is 0 Å². The van der Waals surface area contributed by atoms with Crippen molar-refractivity contribution in [1.82, 2.24) is 5.32 Å². The lowest BCUT2D eigenvalue weighted by Gasteiger charge is -2.11. The van der Waals surface area contributed by atoms with E-state index in [1.165, 1.54) is 0 Å². The van der Waals surface area contributed by atoms with Gasteiger partial charge in [-0.1, -0.05) is 24.3 Å². The van der Waals surface area contributed by atoms with Gasteiger partial charge in [-0.05, 0) is 49.9 Å². The van der Waals surface area contributed by atoms with Crippen molar-refractivity contribution in [2.24, 2.45) is 0 Å². The normalized spacial score (nSPS) is 10.5. The first kappa shape index (κ1) is 16.4. The van der Waals surface area contributed by atoms with E-state index in [4.69, 9.17) is 4.74 Å². The molecule has 0 fully saturated rings. The number of benzene rings is 2. The Balaban J connectivity index is 1.96. The summed E-state index contributed by atoms with van der Waals surface area (Å²) in [6, 6.07) is 15.4. The fraction of sp³-hybridized carbons (Fsp3) is 0.278. The van der Waals surface area contributed by atoms with Crippen LogP contribution >= 0.6 is 11.8 Å². The Morgan fingerprint density at radius 1 is 1.14 bits per heavy atom. The van der Waals surface area contributed by atoms with Crippen LogP contribution < -0.4 is 10.1 Å². The maximum atomic E-state index is 12.3. The zero-order valence-electron chi connectivity index (χ0n) is 13.1. The Morgan fingerprint density at radius 3 is 2.45 bits per heavy atom. The minimum atomic E-state index is -0.0487. The van der Waals surface area contributed by atoms with Crippen LogP contribution in [0.25, 0.3) is 0 Å². The Kier molecular flexibility index (Phi) is 5.90. The molecule has 0 atom stereocenters. The molecule has 3 nitrogen and oxygen atoms in total. The average Bonchev–Trinajstić information content (AvgIpc) is 2.53. The molecule has 0 spiro atoms. The molecule has 4 heteroatoms. The molecule has 2 rings (SSSR count). The molecule has 1 amide bonds. The van der Waals surface area contributed by atoms with E-state index in [1.807, 2.05) is 68.6 Å². The van der Waals surface area contributed by atoms with E-state index in [2.05, 4.69) is 5.32 Å². The highest BCUT2D eigenvalue weighted by atomic mass is 32.2. The summed E-state index contributed by atoms with van der Waals surface area (Å²) in [4.78, 5) is 13.2. The van der Waals surface area contributed by atoms with Crippen molar-refractivity contribution in [1.29, 1.82) is 0 Å². The van der Waals surface area contributed by atoms with Crippen molar-refractivity contribution >= 4 is 17.7 Å². The fourth-order valence-corrected chi connectivity index (χ4v) is 2.66. The van der Waals surface area contributed by atoms with Gasteiger partial charge in [0.2, 0.25) is 0 Å². The van der Waals surface area contributed by atoms with Gasteiger partial charge in [0.15, 0.2) is 0 Å². The molecule has 116 valence electrons. The molecule has 0 aliphatic rings. The van der Waals surface area contributed by atoms with Gasteiger partial charge < -0.3 is 10.1 Å². The summed E-state index contributed by atoms with van der Waals surface area (Å²) >= 11 is 1.58. The molecule has 1 N–H and O–H groups in total. The lowest BCUT2D eigenvalue weighted by Crippen LogP contribution is -2.23. The minimum absolute atomic E-state index is 0.0487. The lowest BCUT2D eigenvalue weighted by atomic mass is 10.2. The van der Waals surface area contributed by atoms with Crippen molar-refractivity contribution in [2.45, 2.75) is 31.4 Å². The minimum Gasteiger partial charge on any atom is -0.491 e. The molecule has 0 bridgehead atoms. The smallest absolute Gasteiger partial charge is 0.252 e. The van der Waals surface area contributed by atoms with Crippen LogP contribution in [0.1, 0.15) is 29.8 Å². The van der Waals surface area contributed by atoms with Crippen molar-refractivity contribution < 1.29 is 9.53 Å². The molecule has 0 saturated carbocycles. The molecule has 0 aromatic heterocycles. The molecule has 0 saturated heterocycles. The van der Waals surface area contributed by atoms with Crippen LogP contribution in [0.4, 0.5) is 0 Å². The van der Waals surface area contributed by atoms with Crippen LogP contribution in [0, 0.1) is 0 Å². The number of hydrogen-bond acceptors (Lipinski definition) is 3. The van der Waals surface area contributed by atoms with Crippen molar-refractivity contribution in [3.8, 4) is 5.75 Å². The molecule has 0 aliphatic heterocycles. The second-order valence-corrected chi connectivity index (χ2v) is 6.04. The van der Waals surface area contributed by atoms with Crippen LogP contribution in [-0.2, 0) is 6.54 Å². The van der Waals surface area contributed by atoms with Crippen LogP contribution in [0.15, 0.2) is 53.4 Å². The third-order valence-corrected chi connectivity index (χ3v) is 3.90. The first-order valence-electron chi connectivity index (χ1n) is 7.27. The monoisotopic (exact) mass is 315 g/mol. The van der Waals surface area contributed by atoms with Crippen molar-refractivity contribution in [2.75, 3.05) is 6.26 Å². The first-order chi connectivity index (χ1) is 10.6. The standard InChI is InChI=1S/C18H21NO2S/c1-13(2)21-15-10-8-14(9-11-15)12-19-18(20)16-6-4-5-7-17(16)22-3/h4-11,13H,12H2,1-3H3,(H,19,20). The Hall–Kier alpha value is -1.94. The number of carbonyl (C=O) groups excluding carboxylic acids is 1. The fourth-order valence-electron chi connectivity index (χ4n) is 2.07. The molecule has 2 aromatic carbocycles. The number of nitrogens with one attached hydrogen (secondary N) is 1. The van der Waals surface area contributed by atoms with Gasteiger partial charge in [-0.3, -0.25) is 4.79 Å². The number of thioether (sulfide) groups is 1. The van der Waals surface area contributed by atoms with Crippen LogP contribution in [0.3, 0.4) is 0 Å². The topological polar surface area (TPSA) is 38.3 Å². The van der Waals surface area contributed by atoms with Gasteiger partial charge in [0.1, 0.15) is 5.75 Å². The summed E-state index contributed by atoms with van der Waals surface area (Å²) in [6.07, 6.45) is 2.13. The zero-order chi connectivity index (χ0) is 15.9. The summed E-state index contributed by atoms with van der Waals surface area (Å²) in [5.74, 6) is 0.797. The quantitative estimate of drug-likeness (QED) is 0.815. The van der Waals surface area contributed by atoms with Gasteiger partial charge in [-0.2, -0.15) is 0 Å². The van der Waals surface area contributed by atoms with Gasteiger partial charge in [-0.25, -0.2) is 0 Å². The van der Waals surface area contributed by atoms with Crippen LogP contribution in [0.2, 0.25) is 0 Å². The van der Waals surface area contributed by atoms with Gasteiger partial charge in [0.25, 0.3) is 5.91 Å². The van der Waals surface area contributed by atoms with E-state index in [1.54, 1.807) is 11.8 Å². The van der Waals surface area contributed by atoms with Crippen molar-refractivity contribution in [3.05, 3.63) is 59.7 Å². The number of hydrogen-bond donors (Lipinski definition) is 1. The summed E-state index contributed by atoms with van der Waals surface area (Å²) in [7, 11) is 0. The second-order valence-electron chi connectivity index (χ2n) is 5.19. The first-order valence-corrected chi connectivity index (χ1v) is 8.49. The van der Waals surface area contributed by atoms with E-state index in [-0.39, 0.29) is 12.0 Å². The largest absolute Gasteiger partial charge is 0.491 e. The highest BCUT2D eigenvalue weighted by molar-refractivity contribution is 7.98. The summed E-state index contributed by atoms with van der Waals surface area (Å²) < 4.78 is 5.60. The molecular formula is C18H21NO2S. The molecule has 0 aliphatic carbocycles. The third-order valence-electron chi connectivity index (χ3n) is 3.10. The molecule has 0 radical (unpaired) electrons. The predicted octanol–water partition coefficient (Wildman–Crippen LogP) is 4.13. The number of ether oxygens (including phenoxy) is 1. The number of carbonyl (C=O) groups is 1. The molecule has 22 heavy (non-hydrogen) atoms. The highest BCUT2D eigenvalue weighted by Gasteiger charge is 2.09. The van der Waals surface area contributed by atoms with Crippen LogP contribution in [-0.4, -0.2) is 18.3 Å². The van der Waals surface area contributed by atoms with E-state index in [0.29, 0.717) is 6.54 Å². The van der Waals surface area contributed by atoms with E-state index < -0.39 is 0 Å². The predicted molar refractivity (Wildman–Crippen MR) is 91.6 cm³/mol. The number of rotatable bonds is 6. The van der Waals surface area contributed by atoms with Gasteiger partial charge in [-0.15, -0.1) is 11.8 Å². The van der Waals surface area contributed by atoms with E-state index in [0.717, 1.165) is 21.8 Å². The SMILES string of the molecule is CSc1ccccc1C(=O)NCc1ccc(OC(C)C)cc1. The van der Waals surface area contributed by atoms with Gasteiger partial charge in [0, 0.05) is 11.4 Å². The maximum Gasteiger partial charge on any atom is 0.252 e. The maximum absolute atomic E-state index is 12.3. The molecular weight excluding hydrogens is 294 g/mol. The zero-order valence-corrected chi connectivity index (χ0v) is 13.9. The Morgan fingerprint density at radius 2 is 1.82 bits per heavy atom. The average molecular weight is 315 g/mol. The number of amides is 1. The van der Waals surface area contributed by atoms with Gasteiger partial charge >= 0.3 is 0 Å².